The summed E-state index contributed by atoms with van der Waals surface area (Å²) >= 11 is 0. The second-order valence-corrected chi connectivity index (χ2v) is 5.13. The number of hydrogen-bond acceptors (Lipinski definition) is 4. The largest absolute Gasteiger partial charge is 0.353 e. The molecular weight excluding hydrogens is 236 g/mol. The normalized spacial score (nSPS) is 17.1. The average molecular weight is 256 g/mol. The molecule has 3 rings (SSSR count). The van der Waals surface area contributed by atoms with Crippen LogP contribution in [0.25, 0.3) is 11.0 Å². The molecule has 1 aliphatic rings. The van der Waals surface area contributed by atoms with E-state index in [0.29, 0.717) is 0 Å². The molecule has 0 amide bonds. The first-order valence-electron chi connectivity index (χ1n) is 6.97. The van der Waals surface area contributed by atoms with Crippen LogP contribution in [0, 0.1) is 0 Å². The molecule has 2 heterocycles. The molecule has 100 valence electrons. The van der Waals surface area contributed by atoms with Gasteiger partial charge >= 0.3 is 0 Å². The van der Waals surface area contributed by atoms with Crippen LogP contribution in [0.15, 0.2) is 24.3 Å². The van der Waals surface area contributed by atoms with E-state index in [0.717, 1.165) is 55.1 Å². The summed E-state index contributed by atoms with van der Waals surface area (Å²) in [4.78, 5) is 14.3. The molecule has 0 aliphatic carbocycles. The molecule has 0 unspecified atom stereocenters. The van der Waals surface area contributed by atoms with Crippen molar-refractivity contribution in [3.63, 3.8) is 0 Å². The first-order chi connectivity index (χ1) is 9.28. The number of benzene rings is 1. The van der Waals surface area contributed by atoms with Gasteiger partial charge in [0.25, 0.3) is 0 Å². The van der Waals surface area contributed by atoms with Gasteiger partial charge in [0.2, 0.25) is 0 Å². The number of likely N-dealkylation sites (N-methyl/N-ethyl adjacent to an activating group) is 1. The van der Waals surface area contributed by atoms with Gasteiger partial charge in [-0.05, 0) is 25.6 Å². The summed E-state index contributed by atoms with van der Waals surface area (Å²) in [5, 5.41) is 0. The Morgan fingerprint density at radius 3 is 2.26 bits per heavy atom. The second kappa shape index (κ2) is 5.13. The summed E-state index contributed by atoms with van der Waals surface area (Å²) in [6.07, 6.45) is 0.930. The van der Waals surface area contributed by atoms with Crippen molar-refractivity contribution in [3.05, 3.63) is 30.0 Å². The fourth-order valence-corrected chi connectivity index (χ4v) is 2.54. The minimum atomic E-state index is 0.930. The van der Waals surface area contributed by atoms with Crippen LogP contribution in [-0.2, 0) is 6.42 Å². The molecule has 19 heavy (non-hydrogen) atoms. The predicted molar refractivity (Wildman–Crippen MR) is 78.6 cm³/mol. The molecule has 0 radical (unpaired) electrons. The maximum Gasteiger partial charge on any atom is 0.151 e. The van der Waals surface area contributed by atoms with Crippen LogP contribution in [0.2, 0.25) is 0 Å². The molecule has 0 saturated carbocycles. The van der Waals surface area contributed by atoms with Crippen LogP contribution < -0.4 is 4.90 Å². The molecule has 1 fully saturated rings. The molecule has 4 nitrogen and oxygen atoms in total. The van der Waals surface area contributed by atoms with Gasteiger partial charge in [0.05, 0.1) is 16.7 Å². The Kier molecular flexibility index (Phi) is 3.34. The van der Waals surface area contributed by atoms with Gasteiger partial charge in [-0.2, -0.15) is 0 Å². The van der Waals surface area contributed by atoms with Crippen molar-refractivity contribution in [1.82, 2.24) is 14.9 Å². The van der Waals surface area contributed by atoms with Crippen LogP contribution >= 0.6 is 0 Å². The number of piperazine rings is 1. The third-order valence-electron chi connectivity index (χ3n) is 3.76. The molecule has 0 spiro atoms. The maximum atomic E-state index is 4.84. The lowest BCUT2D eigenvalue weighted by Gasteiger charge is -2.34. The molecule has 1 aliphatic heterocycles. The lowest BCUT2D eigenvalue weighted by Crippen LogP contribution is -2.45. The van der Waals surface area contributed by atoms with Crippen molar-refractivity contribution >= 4 is 16.9 Å². The monoisotopic (exact) mass is 256 g/mol. The van der Waals surface area contributed by atoms with Crippen molar-refractivity contribution < 1.29 is 0 Å². The minimum absolute atomic E-state index is 0.930. The summed E-state index contributed by atoms with van der Waals surface area (Å²) in [7, 11) is 2.17. The van der Waals surface area contributed by atoms with Crippen LogP contribution in [0.3, 0.4) is 0 Å². The highest BCUT2D eigenvalue weighted by Crippen LogP contribution is 2.22. The Morgan fingerprint density at radius 1 is 1.00 bits per heavy atom. The quantitative estimate of drug-likeness (QED) is 0.822. The van der Waals surface area contributed by atoms with Crippen LogP contribution in [0.1, 0.15) is 12.6 Å². The van der Waals surface area contributed by atoms with Gasteiger partial charge in [0.1, 0.15) is 0 Å². The predicted octanol–water partition coefficient (Wildman–Crippen LogP) is 1.94. The zero-order chi connectivity index (χ0) is 13.2. The third-order valence-corrected chi connectivity index (χ3v) is 3.76. The van der Waals surface area contributed by atoms with Crippen molar-refractivity contribution in [2.75, 3.05) is 38.1 Å². The second-order valence-electron chi connectivity index (χ2n) is 5.13. The van der Waals surface area contributed by atoms with E-state index in [4.69, 9.17) is 9.97 Å². The van der Waals surface area contributed by atoms with Crippen LogP contribution in [0.4, 0.5) is 5.82 Å². The molecule has 0 atom stereocenters. The highest BCUT2D eigenvalue weighted by molar-refractivity contribution is 5.76. The van der Waals surface area contributed by atoms with Gasteiger partial charge in [-0.3, -0.25) is 0 Å². The number of rotatable bonds is 2. The molecule has 0 bridgehead atoms. The van der Waals surface area contributed by atoms with Gasteiger partial charge in [0.15, 0.2) is 5.82 Å². The number of fused-ring (bicyclic) bond motifs is 1. The summed E-state index contributed by atoms with van der Waals surface area (Å²) in [5.74, 6) is 1.08. The highest BCUT2D eigenvalue weighted by atomic mass is 15.3. The van der Waals surface area contributed by atoms with Crippen molar-refractivity contribution in [3.8, 4) is 0 Å². The maximum absolute atomic E-state index is 4.84. The smallest absolute Gasteiger partial charge is 0.151 e. The fourth-order valence-electron chi connectivity index (χ4n) is 2.54. The molecule has 0 N–H and O–H groups in total. The van der Waals surface area contributed by atoms with Gasteiger partial charge in [-0.25, -0.2) is 9.97 Å². The highest BCUT2D eigenvalue weighted by Gasteiger charge is 2.19. The lowest BCUT2D eigenvalue weighted by atomic mass is 10.2. The number of para-hydroxylation sites is 2. The summed E-state index contributed by atoms with van der Waals surface area (Å²) in [6.45, 7) is 6.42. The number of aryl methyl sites for hydroxylation is 1. The first-order valence-corrected chi connectivity index (χ1v) is 6.97. The third kappa shape index (κ3) is 2.40. The Hall–Kier alpha value is -1.68. The Morgan fingerprint density at radius 2 is 1.63 bits per heavy atom. The van der Waals surface area contributed by atoms with Crippen molar-refractivity contribution in [2.24, 2.45) is 0 Å². The number of nitrogens with zero attached hydrogens (tertiary/aromatic N) is 4. The van der Waals surface area contributed by atoms with Gasteiger partial charge in [-0.1, -0.05) is 19.1 Å². The first kappa shape index (κ1) is 12.4. The van der Waals surface area contributed by atoms with Crippen LogP contribution in [0.5, 0.6) is 0 Å². The number of anilines is 1. The fraction of sp³-hybridized carbons (Fsp3) is 0.467. The van der Waals surface area contributed by atoms with E-state index in [1.165, 1.54) is 0 Å². The number of aromatic nitrogens is 2. The average Bonchev–Trinajstić information content (AvgIpc) is 2.46. The standard InChI is InChI=1S/C15H20N4/c1-3-12-15(19-10-8-18(2)9-11-19)17-14-7-5-4-6-13(14)16-12/h4-7H,3,8-11H2,1-2H3. The zero-order valence-electron chi connectivity index (χ0n) is 11.6. The minimum Gasteiger partial charge on any atom is -0.353 e. The molecular formula is C15H20N4. The topological polar surface area (TPSA) is 32.3 Å². The van der Waals surface area contributed by atoms with Crippen molar-refractivity contribution in [2.45, 2.75) is 13.3 Å². The SMILES string of the molecule is CCc1nc2ccccc2nc1N1CCN(C)CC1. The molecule has 4 heteroatoms. The van der Waals surface area contributed by atoms with E-state index in [1.807, 2.05) is 24.3 Å². The van der Waals surface area contributed by atoms with E-state index in [1.54, 1.807) is 0 Å². The van der Waals surface area contributed by atoms with E-state index >= 15 is 0 Å². The lowest BCUT2D eigenvalue weighted by molar-refractivity contribution is 0.312. The van der Waals surface area contributed by atoms with Crippen LogP contribution in [-0.4, -0.2) is 48.1 Å². The zero-order valence-corrected chi connectivity index (χ0v) is 11.6. The summed E-state index contributed by atoms with van der Waals surface area (Å²) < 4.78 is 0. The summed E-state index contributed by atoms with van der Waals surface area (Å²) in [5.41, 5.74) is 3.11. The van der Waals surface area contributed by atoms with E-state index < -0.39 is 0 Å². The molecule has 2 aromatic rings. The van der Waals surface area contributed by atoms with Crippen molar-refractivity contribution in [1.29, 1.82) is 0 Å². The van der Waals surface area contributed by atoms with E-state index in [-0.39, 0.29) is 0 Å². The molecule has 1 aromatic carbocycles. The van der Waals surface area contributed by atoms with Gasteiger partial charge in [-0.15, -0.1) is 0 Å². The number of hydrogen-bond donors (Lipinski definition) is 0. The van der Waals surface area contributed by atoms with E-state index in [2.05, 4.69) is 23.8 Å². The Bertz CT molecular complexity index is 573. The van der Waals surface area contributed by atoms with E-state index in [9.17, 15) is 0 Å². The Labute approximate surface area is 114 Å². The Balaban J connectivity index is 2.01. The molecule has 1 saturated heterocycles. The van der Waals surface area contributed by atoms with Gasteiger partial charge < -0.3 is 9.80 Å². The summed E-state index contributed by atoms with van der Waals surface area (Å²) in [6, 6.07) is 8.12. The van der Waals surface area contributed by atoms with Gasteiger partial charge in [0, 0.05) is 26.2 Å². The molecule has 1 aromatic heterocycles.